The highest BCUT2D eigenvalue weighted by atomic mass is 16.1. The first-order valence-corrected chi connectivity index (χ1v) is 5.24. The molecule has 0 aliphatic heterocycles. The molecule has 0 heterocycles. The number of hydrogen-bond donors (Lipinski definition) is 1. The van der Waals surface area contributed by atoms with E-state index in [0.29, 0.717) is 6.54 Å². The number of nitrogens with zero attached hydrogens (tertiary/aromatic N) is 3. The Balaban J connectivity index is 2.63. The van der Waals surface area contributed by atoms with Gasteiger partial charge in [0.25, 0.3) is 0 Å². The Hall–Kier alpha value is -2.26. The van der Waals surface area contributed by atoms with Gasteiger partial charge in [-0.2, -0.15) is 0 Å². The van der Waals surface area contributed by atoms with Crippen molar-refractivity contribution in [2.45, 2.75) is 13.0 Å². The van der Waals surface area contributed by atoms with Gasteiger partial charge in [-0.05, 0) is 11.1 Å². The summed E-state index contributed by atoms with van der Waals surface area (Å²) >= 11 is 0. The molecular weight excluding hydrogens is 216 g/mol. The van der Waals surface area contributed by atoms with E-state index in [-0.39, 0.29) is 11.9 Å². The van der Waals surface area contributed by atoms with Gasteiger partial charge in [0.1, 0.15) is 0 Å². The minimum absolute atomic E-state index is 0.142. The molecule has 5 nitrogen and oxygen atoms in total. The molecule has 0 unspecified atom stereocenters. The van der Waals surface area contributed by atoms with Crippen LogP contribution in [0.3, 0.4) is 0 Å². The van der Waals surface area contributed by atoms with E-state index in [1.54, 1.807) is 6.08 Å². The molecule has 1 atom stereocenters. The van der Waals surface area contributed by atoms with Crippen LogP contribution in [0.25, 0.3) is 16.5 Å². The van der Waals surface area contributed by atoms with Crippen molar-refractivity contribution in [2.75, 3.05) is 6.54 Å². The molecule has 5 heteroatoms. The maximum atomic E-state index is 10.8. The van der Waals surface area contributed by atoms with E-state index in [1.165, 1.54) is 6.92 Å². The lowest BCUT2D eigenvalue weighted by atomic mass is 10.2. The van der Waals surface area contributed by atoms with Gasteiger partial charge in [0.2, 0.25) is 5.91 Å². The number of amides is 1. The largest absolute Gasteiger partial charge is 0.356 e. The molecule has 0 saturated carbocycles. The number of benzene rings is 1. The lowest BCUT2D eigenvalue weighted by Gasteiger charge is -2.06. The van der Waals surface area contributed by atoms with E-state index < -0.39 is 0 Å². The fourth-order valence-corrected chi connectivity index (χ4v) is 1.25. The standard InChI is InChI=1S/C12H14N4O/c1-10(17)14-9-12(15-16-13)8-7-11-5-3-2-4-6-11/h2-8,12H,9H2,1H3,(H,14,17)/b8-7+/t12-/m0/s1. The third-order valence-electron chi connectivity index (χ3n) is 2.07. The Kier molecular flexibility index (Phi) is 5.34. The number of carbonyl (C=O) groups is 1. The maximum Gasteiger partial charge on any atom is 0.216 e. The minimum Gasteiger partial charge on any atom is -0.356 e. The van der Waals surface area contributed by atoms with Gasteiger partial charge in [-0.15, -0.1) is 0 Å². The van der Waals surface area contributed by atoms with Crippen molar-refractivity contribution >= 4 is 12.0 Å². The van der Waals surface area contributed by atoms with Crippen molar-refractivity contribution < 1.29 is 4.79 Å². The van der Waals surface area contributed by atoms with Crippen LogP contribution in [0.4, 0.5) is 0 Å². The van der Waals surface area contributed by atoms with E-state index in [0.717, 1.165) is 5.56 Å². The predicted molar refractivity (Wildman–Crippen MR) is 67.1 cm³/mol. The molecule has 0 fully saturated rings. The lowest BCUT2D eigenvalue weighted by Crippen LogP contribution is -2.27. The average molecular weight is 230 g/mol. The van der Waals surface area contributed by atoms with Crippen LogP contribution >= 0.6 is 0 Å². The normalized spacial score (nSPS) is 11.8. The summed E-state index contributed by atoms with van der Waals surface area (Å²) < 4.78 is 0. The van der Waals surface area contributed by atoms with Crippen LogP contribution in [0.5, 0.6) is 0 Å². The third-order valence-corrected chi connectivity index (χ3v) is 2.07. The number of hydrogen-bond acceptors (Lipinski definition) is 2. The molecule has 1 amide bonds. The summed E-state index contributed by atoms with van der Waals surface area (Å²) in [5.74, 6) is -0.142. The van der Waals surface area contributed by atoms with E-state index in [2.05, 4.69) is 15.3 Å². The highest BCUT2D eigenvalue weighted by Gasteiger charge is 2.01. The van der Waals surface area contributed by atoms with Crippen LogP contribution in [0.1, 0.15) is 12.5 Å². The van der Waals surface area contributed by atoms with Gasteiger partial charge in [-0.1, -0.05) is 47.6 Å². The second kappa shape index (κ2) is 7.09. The van der Waals surface area contributed by atoms with Gasteiger partial charge in [0.15, 0.2) is 0 Å². The number of azide groups is 1. The fourth-order valence-electron chi connectivity index (χ4n) is 1.25. The Morgan fingerprint density at radius 1 is 1.53 bits per heavy atom. The second-order valence-corrected chi connectivity index (χ2v) is 3.48. The highest BCUT2D eigenvalue weighted by molar-refractivity contribution is 5.72. The SMILES string of the molecule is CC(=O)NC[C@H](/C=C/c1ccccc1)N=[N+]=[N-]. The van der Waals surface area contributed by atoms with Gasteiger partial charge in [-0.3, -0.25) is 4.79 Å². The van der Waals surface area contributed by atoms with E-state index >= 15 is 0 Å². The van der Waals surface area contributed by atoms with E-state index in [4.69, 9.17) is 5.53 Å². The zero-order valence-corrected chi connectivity index (χ0v) is 9.58. The Morgan fingerprint density at radius 3 is 2.82 bits per heavy atom. The molecule has 1 rings (SSSR count). The third kappa shape index (κ3) is 5.39. The van der Waals surface area contributed by atoms with Gasteiger partial charge in [-0.25, -0.2) is 0 Å². The summed E-state index contributed by atoms with van der Waals surface area (Å²) in [5, 5.41) is 6.20. The van der Waals surface area contributed by atoms with Crippen LogP contribution in [0.15, 0.2) is 41.5 Å². The van der Waals surface area contributed by atoms with Crippen molar-refractivity contribution in [1.82, 2.24) is 5.32 Å². The van der Waals surface area contributed by atoms with Gasteiger partial charge in [0.05, 0.1) is 6.04 Å². The molecular formula is C12H14N4O. The monoisotopic (exact) mass is 230 g/mol. The molecule has 0 saturated heterocycles. The molecule has 1 N–H and O–H groups in total. The maximum absolute atomic E-state index is 10.8. The number of carbonyl (C=O) groups excluding carboxylic acids is 1. The average Bonchev–Trinajstić information content (AvgIpc) is 2.34. The van der Waals surface area contributed by atoms with Gasteiger partial charge in [0, 0.05) is 18.4 Å². The second-order valence-electron chi connectivity index (χ2n) is 3.48. The summed E-state index contributed by atoms with van der Waals surface area (Å²) in [6.45, 7) is 1.73. The Bertz CT molecular complexity index is 435. The number of rotatable bonds is 5. The molecule has 0 radical (unpaired) electrons. The fraction of sp³-hybridized carbons (Fsp3) is 0.250. The Labute approximate surface area is 99.8 Å². The molecule has 0 spiro atoms. The van der Waals surface area contributed by atoms with Crippen LogP contribution in [-0.4, -0.2) is 18.5 Å². The number of nitrogens with one attached hydrogen (secondary N) is 1. The summed E-state index contributed by atoms with van der Waals surface area (Å²) in [4.78, 5) is 13.5. The van der Waals surface area contributed by atoms with Crippen molar-refractivity contribution in [3.05, 3.63) is 52.4 Å². The molecule has 17 heavy (non-hydrogen) atoms. The molecule has 0 aromatic heterocycles. The zero-order valence-electron chi connectivity index (χ0n) is 9.58. The first-order valence-electron chi connectivity index (χ1n) is 5.24. The first-order chi connectivity index (χ1) is 8.22. The predicted octanol–water partition coefficient (Wildman–Crippen LogP) is 2.51. The molecule has 0 aliphatic carbocycles. The molecule has 0 bridgehead atoms. The van der Waals surface area contributed by atoms with Crippen molar-refractivity contribution in [3.63, 3.8) is 0 Å². The van der Waals surface area contributed by atoms with Crippen molar-refractivity contribution in [3.8, 4) is 0 Å². The van der Waals surface area contributed by atoms with Crippen LogP contribution in [0, 0.1) is 0 Å². The minimum atomic E-state index is -0.371. The molecule has 0 aliphatic rings. The van der Waals surface area contributed by atoms with Gasteiger partial charge >= 0.3 is 0 Å². The summed E-state index contributed by atoms with van der Waals surface area (Å²) in [6, 6.07) is 9.31. The summed E-state index contributed by atoms with van der Waals surface area (Å²) in [5.41, 5.74) is 9.43. The Morgan fingerprint density at radius 2 is 2.24 bits per heavy atom. The van der Waals surface area contributed by atoms with Crippen molar-refractivity contribution in [1.29, 1.82) is 0 Å². The summed E-state index contributed by atoms with van der Waals surface area (Å²) in [6.07, 6.45) is 3.63. The molecule has 88 valence electrons. The quantitative estimate of drug-likeness (QED) is 0.471. The smallest absolute Gasteiger partial charge is 0.216 e. The van der Waals surface area contributed by atoms with E-state index in [9.17, 15) is 4.79 Å². The lowest BCUT2D eigenvalue weighted by molar-refractivity contribution is -0.118. The molecule has 1 aromatic carbocycles. The highest BCUT2D eigenvalue weighted by Crippen LogP contribution is 2.03. The van der Waals surface area contributed by atoms with Gasteiger partial charge < -0.3 is 5.32 Å². The van der Waals surface area contributed by atoms with Crippen molar-refractivity contribution in [2.24, 2.45) is 5.11 Å². The topological polar surface area (TPSA) is 77.9 Å². The van der Waals surface area contributed by atoms with Crippen LogP contribution < -0.4 is 5.32 Å². The zero-order chi connectivity index (χ0) is 12.5. The van der Waals surface area contributed by atoms with Crippen LogP contribution in [0.2, 0.25) is 0 Å². The first kappa shape index (κ1) is 12.8. The van der Waals surface area contributed by atoms with Crippen LogP contribution in [-0.2, 0) is 4.79 Å². The van der Waals surface area contributed by atoms with E-state index in [1.807, 2.05) is 36.4 Å². The summed E-state index contributed by atoms with van der Waals surface area (Å²) in [7, 11) is 0. The molecule has 1 aromatic rings.